The summed E-state index contributed by atoms with van der Waals surface area (Å²) in [5.74, 6) is 2.24. The molecule has 1 aliphatic rings. The SMILES string of the molecule is CCCNC(C)(C#N)CCCOc1ccc2c(c1)OCO2. The molecule has 0 radical (unpaired) electrons. The number of nitriles is 1. The number of hydrogen-bond acceptors (Lipinski definition) is 5. The molecule has 0 bridgehead atoms. The molecule has 1 heterocycles. The minimum Gasteiger partial charge on any atom is -0.493 e. The summed E-state index contributed by atoms with van der Waals surface area (Å²) in [6, 6.07) is 7.89. The fraction of sp³-hybridized carbons (Fsp3) is 0.562. The average Bonchev–Trinajstić information content (AvgIpc) is 2.97. The van der Waals surface area contributed by atoms with Crippen LogP contribution in [0.1, 0.15) is 33.1 Å². The first-order valence-corrected chi connectivity index (χ1v) is 7.35. The quantitative estimate of drug-likeness (QED) is 0.746. The first-order valence-electron chi connectivity index (χ1n) is 7.35. The molecule has 0 amide bonds. The van der Waals surface area contributed by atoms with Gasteiger partial charge >= 0.3 is 0 Å². The van der Waals surface area contributed by atoms with Crippen LogP contribution in [0.4, 0.5) is 0 Å². The van der Waals surface area contributed by atoms with E-state index >= 15 is 0 Å². The number of benzene rings is 1. The number of ether oxygens (including phenoxy) is 3. The minimum absolute atomic E-state index is 0.266. The molecule has 21 heavy (non-hydrogen) atoms. The summed E-state index contributed by atoms with van der Waals surface area (Å²) >= 11 is 0. The van der Waals surface area contributed by atoms with Crippen LogP contribution in [0, 0.1) is 11.3 Å². The van der Waals surface area contributed by atoms with Gasteiger partial charge in [-0.3, -0.25) is 5.32 Å². The highest BCUT2D eigenvalue weighted by Crippen LogP contribution is 2.35. The fourth-order valence-corrected chi connectivity index (χ4v) is 2.17. The maximum atomic E-state index is 9.25. The third-order valence-corrected chi connectivity index (χ3v) is 3.45. The molecule has 1 N–H and O–H groups in total. The van der Waals surface area contributed by atoms with Crippen molar-refractivity contribution >= 4 is 0 Å². The van der Waals surface area contributed by atoms with Crippen molar-refractivity contribution in [3.63, 3.8) is 0 Å². The summed E-state index contributed by atoms with van der Waals surface area (Å²) in [4.78, 5) is 0. The van der Waals surface area contributed by atoms with Crippen molar-refractivity contribution in [3.8, 4) is 23.3 Å². The third kappa shape index (κ3) is 4.27. The Bertz CT molecular complexity index is 513. The molecule has 1 unspecified atom stereocenters. The zero-order valence-electron chi connectivity index (χ0n) is 12.6. The molecule has 0 saturated heterocycles. The van der Waals surface area contributed by atoms with E-state index in [1.807, 2.05) is 25.1 Å². The lowest BCUT2D eigenvalue weighted by molar-refractivity contribution is 0.173. The number of rotatable bonds is 8. The van der Waals surface area contributed by atoms with Crippen molar-refractivity contribution in [2.24, 2.45) is 0 Å². The molecule has 0 aromatic heterocycles. The lowest BCUT2D eigenvalue weighted by Gasteiger charge is -2.23. The second kappa shape index (κ2) is 7.19. The van der Waals surface area contributed by atoms with Gasteiger partial charge in [-0.1, -0.05) is 6.92 Å². The number of fused-ring (bicyclic) bond motifs is 1. The van der Waals surface area contributed by atoms with E-state index in [2.05, 4.69) is 18.3 Å². The molecule has 1 aromatic carbocycles. The normalized spacial score (nSPS) is 15.3. The topological polar surface area (TPSA) is 63.5 Å². The minimum atomic E-state index is -0.478. The standard InChI is InChI=1S/C16H22N2O3/c1-3-8-18-16(2,11-17)7-4-9-19-13-5-6-14-15(10-13)21-12-20-14/h5-6,10,18H,3-4,7-9,12H2,1-2H3. The van der Waals surface area contributed by atoms with E-state index in [1.54, 1.807) is 0 Å². The summed E-state index contributed by atoms with van der Waals surface area (Å²) in [6.45, 7) is 5.72. The highest BCUT2D eigenvalue weighted by molar-refractivity contribution is 5.46. The second-order valence-electron chi connectivity index (χ2n) is 5.34. The van der Waals surface area contributed by atoms with Crippen molar-refractivity contribution in [3.05, 3.63) is 18.2 Å². The largest absolute Gasteiger partial charge is 0.493 e. The molecule has 5 heteroatoms. The Morgan fingerprint density at radius 3 is 2.95 bits per heavy atom. The molecule has 1 aromatic rings. The van der Waals surface area contributed by atoms with Gasteiger partial charge in [-0.05, 0) is 44.9 Å². The summed E-state index contributed by atoms with van der Waals surface area (Å²) in [5, 5.41) is 12.5. The summed E-state index contributed by atoms with van der Waals surface area (Å²) in [5.41, 5.74) is -0.478. The van der Waals surface area contributed by atoms with Gasteiger partial charge in [0.25, 0.3) is 0 Å². The number of nitrogens with zero attached hydrogens (tertiary/aromatic N) is 1. The Morgan fingerprint density at radius 2 is 2.19 bits per heavy atom. The van der Waals surface area contributed by atoms with E-state index in [-0.39, 0.29) is 6.79 Å². The molecule has 1 atom stereocenters. The van der Waals surface area contributed by atoms with Gasteiger partial charge < -0.3 is 14.2 Å². The fourth-order valence-electron chi connectivity index (χ4n) is 2.17. The third-order valence-electron chi connectivity index (χ3n) is 3.45. The van der Waals surface area contributed by atoms with Crippen LogP contribution in [0.15, 0.2) is 18.2 Å². The molecule has 0 aliphatic carbocycles. The molecular formula is C16H22N2O3. The van der Waals surface area contributed by atoms with Gasteiger partial charge in [-0.2, -0.15) is 5.26 Å². The van der Waals surface area contributed by atoms with Crippen LogP contribution in [-0.4, -0.2) is 25.5 Å². The van der Waals surface area contributed by atoms with Gasteiger partial charge in [0.15, 0.2) is 11.5 Å². The Hall–Kier alpha value is -1.93. The van der Waals surface area contributed by atoms with Gasteiger partial charge in [0, 0.05) is 6.07 Å². The molecular weight excluding hydrogens is 268 g/mol. The van der Waals surface area contributed by atoms with Crippen molar-refractivity contribution in [2.45, 2.75) is 38.6 Å². The highest BCUT2D eigenvalue weighted by atomic mass is 16.7. The van der Waals surface area contributed by atoms with E-state index < -0.39 is 5.54 Å². The van der Waals surface area contributed by atoms with Crippen LogP contribution in [0.3, 0.4) is 0 Å². The van der Waals surface area contributed by atoms with Crippen molar-refractivity contribution in [2.75, 3.05) is 19.9 Å². The van der Waals surface area contributed by atoms with E-state index in [9.17, 15) is 5.26 Å². The van der Waals surface area contributed by atoms with Crippen molar-refractivity contribution < 1.29 is 14.2 Å². The van der Waals surface area contributed by atoms with Crippen LogP contribution < -0.4 is 19.5 Å². The first kappa shape index (κ1) is 15.5. The van der Waals surface area contributed by atoms with Crippen LogP contribution in [-0.2, 0) is 0 Å². The molecule has 1 aliphatic heterocycles. The lowest BCUT2D eigenvalue weighted by Crippen LogP contribution is -2.41. The predicted octanol–water partition coefficient (Wildman–Crippen LogP) is 2.86. The highest BCUT2D eigenvalue weighted by Gasteiger charge is 2.22. The summed E-state index contributed by atoms with van der Waals surface area (Å²) in [6.07, 6.45) is 2.59. The monoisotopic (exact) mass is 290 g/mol. The van der Waals surface area contributed by atoms with Gasteiger partial charge in [0.1, 0.15) is 11.3 Å². The Kier molecular flexibility index (Phi) is 5.29. The summed E-state index contributed by atoms with van der Waals surface area (Å²) in [7, 11) is 0. The maximum Gasteiger partial charge on any atom is 0.231 e. The van der Waals surface area contributed by atoms with Crippen LogP contribution >= 0.6 is 0 Å². The van der Waals surface area contributed by atoms with Gasteiger partial charge in [0.05, 0.1) is 12.7 Å². The van der Waals surface area contributed by atoms with Crippen LogP contribution in [0.2, 0.25) is 0 Å². The van der Waals surface area contributed by atoms with E-state index in [4.69, 9.17) is 14.2 Å². The molecule has 2 rings (SSSR count). The maximum absolute atomic E-state index is 9.25. The van der Waals surface area contributed by atoms with E-state index in [0.29, 0.717) is 6.61 Å². The lowest BCUT2D eigenvalue weighted by atomic mass is 9.98. The molecule has 0 spiro atoms. The second-order valence-corrected chi connectivity index (χ2v) is 5.34. The molecule has 5 nitrogen and oxygen atoms in total. The number of nitrogens with one attached hydrogen (secondary N) is 1. The zero-order valence-corrected chi connectivity index (χ0v) is 12.6. The van der Waals surface area contributed by atoms with Gasteiger partial charge in [-0.25, -0.2) is 0 Å². The summed E-state index contributed by atoms with van der Waals surface area (Å²) < 4.78 is 16.3. The van der Waals surface area contributed by atoms with E-state index in [1.165, 1.54) is 0 Å². The number of hydrogen-bond donors (Lipinski definition) is 1. The van der Waals surface area contributed by atoms with Gasteiger partial charge in [-0.15, -0.1) is 0 Å². The zero-order chi connectivity index (χ0) is 15.1. The van der Waals surface area contributed by atoms with Crippen molar-refractivity contribution in [1.82, 2.24) is 5.32 Å². The Balaban J connectivity index is 1.75. The van der Waals surface area contributed by atoms with Crippen LogP contribution in [0.25, 0.3) is 0 Å². The molecule has 0 fully saturated rings. The predicted molar refractivity (Wildman–Crippen MR) is 79.6 cm³/mol. The smallest absolute Gasteiger partial charge is 0.231 e. The Morgan fingerprint density at radius 1 is 1.38 bits per heavy atom. The first-order chi connectivity index (χ1) is 10.2. The van der Waals surface area contributed by atoms with E-state index in [0.717, 1.165) is 43.1 Å². The molecule has 0 saturated carbocycles. The molecule has 114 valence electrons. The van der Waals surface area contributed by atoms with Crippen LogP contribution in [0.5, 0.6) is 17.2 Å². The average molecular weight is 290 g/mol. The Labute approximate surface area is 125 Å². The van der Waals surface area contributed by atoms with Crippen molar-refractivity contribution in [1.29, 1.82) is 5.26 Å². The van der Waals surface area contributed by atoms with Gasteiger partial charge in [0.2, 0.25) is 6.79 Å².